The molecular weight excluding hydrogens is 400 g/mol. The van der Waals surface area contributed by atoms with Crippen LogP contribution in [0, 0.1) is 0 Å². The molecule has 27 heavy (non-hydrogen) atoms. The highest BCUT2D eigenvalue weighted by atomic mass is 32.2. The minimum atomic E-state index is -3.57. The molecule has 3 rings (SSSR count). The molecule has 0 fully saturated rings. The molecule has 142 valence electrons. The monoisotopic (exact) mass is 420 g/mol. The van der Waals surface area contributed by atoms with Crippen LogP contribution in [0.15, 0.2) is 59.6 Å². The normalized spacial score (nSPS) is 12.6. The number of amides is 1. The molecule has 0 N–H and O–H groups in total. The van der Waals surface area contributed by atoms with Crippen molar-refractivity contribution >= 4 is 49.1 Å². The Kier molecular flexibility index (Phi) is 6.51. The largest absolute Gasteiger partial charge is 0.316 e. The molecule has 0 unspecified atom stereocenters. The second-order valence-corrected chi connectivity index (χ2v) is 10.1. The molecule has 0 aliphatic heterocycles. The number of nitrogens with zero attached hydrogens (tertiary/aromatic N) is 2. The number of hydrogen-bond donors (Lipinski definition) is 0. The standard InChI is InChI=1S/C19H20N2O3S3/c1-25-12-11-21-16-9-5-6-10-17(16)26-19(21)20-18(22)14-27(23,24)13-15-7-3-2-4-8-15/h2-10H,11-14H2,1H3. The second kappa shape index (κ2) is 8.86. The van der Waals surface area contributed by atoms with Crippen molar-refractivity contribution in [2.45, 2.75) is 12.3 Å². The van der Waals surface area contributed by atoms with Crippen LogP contribution >= 0.6 is 23.1 Å². The number of para-hydroxylation sites is 1. The van der Waals surface area contributed by atoms with Gasteiger partial charge in [0.25, 0.3) is 5.91 Å². The van der Waals surface area contributed by atoms with Crippen molar-refractivity contribution in [2.75, 3.05) is 17.8 Å². The molecule has 1 aromatic heterocycles. The van der Waals surface area contributed by atoms with E-state index in [1.807, 2.05) is 41.2 Å². The molecule has 8 heteroatoms. The van der Waals surface area contributed by atoms with Gasteiger partial charge in [0, 0.05) is 12.3 Å². The van der Waals surface area contributed by atoms with Crippen LogP contribution in [-0.4, -0.2) is 36.7 Å². The van der Waals surface area contributed by atoms with Gasteiger partial charge in [0.1, 0.15) is 5.75 Å². The lowest BCUT2D eigenvalue weighted by Gasteiger charge is -2.04. The number of hydrogen-bond acceptors (Lipinski definition) is 5. The fourth-order valence-corrected chi connectivity index (χ4v) is 5.39. The summed E-state index contributed by atoms with van der Waals surface area (Å²) in [7, 11) is -3.57. The fraction of sp³-hybridized carbons (Fsp3) is 0.263. The van der Waals surface area contributed by atoms with Crippen LogP contribution < -0.4 is 4.80 Å². The molecule has 0 radical (unpaired) electrons. The van der Waals surface area contributed by atoms with Gasteiger partial charge in [-0.15, -0.1) is 0 Å². The molecular formula is C19H20N2O3S3. The molecule has 0 aliphatic carbocycles. The molecule has 0 aliphatic rings. The predicted octanol–water partition coefficient (Wildman–Crippen LogP) is 3.11. The van der Waals surface area contributed by atoms with Crippen LogP contribution in [0.25, 0.3) is 10.2 Å². The van der Waals surface area contributed by atoms with Gasteiger partial charge in [0.05, 0.1) is 16.0 Å². The van der Waals surface area contributed by atoms with E-state index in [4.69, 9.17) is 0 Å². The van der Waals surface area contributed by atoms with Crippen LogP contribution in [0.3, 0.4) is 0 Å². The molecule has 0 saturated carbocycles. The number of thioether (sulfide) groups is 1. The van der Waals surface area contributed by atoms with Gasteiger partial charge >= 0.3 is 0 Å². The summed E-state index contributed by atoms with van der Waals surface area (Å²) < 4.78 is 27.7. The quantitative estimate of drug-likeness (QED) is 0.589. The molecule has 0 atom stereocenters. The Morgan fingerprint density at radius 2 is 1.81 bits per heavy atom. The first-order chi connectivity index (χ1) is 13.0. The van der Waals surface area contributed by atoms with Gasteiger partial charge < -0.3 is 4.57 Å². The number of thiazole rings is 1. The SMILES string of the molecule is CSCCn1c(=NC(=O)CS(=O)(=O)Cc2ccccc2)sc2ccccc21. The van der Waals surface area contributed by atoms with Crippen LogP contribution in [0.4, 0.5) is 0 Å². The van der Waals surface area contributed by atoms with E-state index >= 15 is 0 Å². The molecule has 0 saturated heterocycles. The smallest absolute Gasteiger partial charge is 0.263 e. The van der Waals surface area contributed by atoms with Gasteiger partial charge in [0.2, 0.25) is 0 Å². The maximum Gasteiger partial charge on any atom is 0.263 e. The zero-order valence-corrected chi connectivity index (χ0v) is 17.3. The Hall–Kier alpha value is -1.90. The van der Waals surface area contributed by atoms with E-state index in [1.165, 1.54) is 11.3 Å². The average molecular weight is 421 g/mol. The molecule has 2 aromatic carbocycles. The topological polar surface area (TPSA) is 68.5 Å². The summed E-state index contributed by atoms with van der Waals surface area (Å²) in [6, 6.07) is 16.7. The lowest BCUT2D eigenvalue weighted by molar-refractivity contribution is -0.115. The summed E-state index contributed by atoms with van der Waals surface area (Å²) in [6.07, 6.45) is 2.02. The van der Waals surface area contributed by atoms with Crippen LogP contribution in [0.2, 0.25) is 0 Å². The van der Waals surface area contributed by atoms with Gasteiger partial charge in [0.15, 0.2) is 14.6 Å². The third-order valence-electron chi connectivity index (χ3n) is 3.90. The zero-order chi connectivity index (χ0) is 19.3. The summed E-state index contributed by atoms with van der Waals surface area (Å²) in [5.41, 5.74) is 1.68. The van der Waals surface area contributed by atoms with E-state index in [0.717, 1.165) is 16.0 Å². The molecule has 1 amide bonds. The first kappa shape index (κ1) is 19.9. The number of aromatic nitrogens is 1. The predicted molar refractivity (Wildman–Crippen MR) is 113 cm³/mol. The second-order valence-electron chi connectivity index (χ2n) is 6.02. The number of sulfone groups is 1. The molecule has 0 spiro atoms. The van der Waals surface area contributed by atoms with Gasteiger partial charge in [-0.2, -0.15) is 16.8 Å². The third-order valence-corrected chi connectivity index (χ3v) is 7.01. The Bertz CT molecular complexity index is 1100. The van der Waals surface area contributed by atoms with Crippen molar-refractivity contribution in [1.82, 2.24) is 4.57 Å². The molecule has 1 heterocycles. The lowest BCUT2D eigenvalue weighted by Crippen LogP contribution is -2.22. The number of carbonyl (C=O) groups excluding carboxylic acids is 1. The van der Waals surface area contributed by atoms with Crippen molar-refractivity contribution < 1.29 is 13.2 Å². The molecule has 3 aromatic rings. The maximum absolute atomic E-state index is 12.4. The summed E-state index contributed by atoms with van der Waals surface area (Å²) in [5, 5.41) is 0. The van der Waals surface area contributed by atoms with Crippen molar-refractivity contribution in [3.8, 4) is 0 Å². The highest BCUT2D eigenvalue weighted by Gasteiger charge is 2.17. The van der Waals surface area contributed by atoms with Gasteiger partial charge in [-0.05, 0) is 24.0 Å². The fourth-order valence-electron chi connectivity index (χ4n) is 2.71. The average Bonchev–Trinajstić information content (AvgIpc) is 2.96. The Morgan fingerprint density at radius 3 is 2.56 bits per heavy atom. The van der Waals surface area contributed by atoms with Crippen molar-refractivity contribution in [3.63, 3.8) is 0 Å². The number of benzene rings is 2. The number of aryl methyl sites for hydroxylation is 1. The Balaban J connectivity index is 1.86. The minimum Gasteiger partial charge on any atom is -0.316 e. The third kappa shape index (κ3) is 5.31. The van der Waals surface area contributed by atoms with E-state index < -0.39 is 21.5 Å². The number of rotatable bonds is 7. The minimum absolute atomic E-state index is 0.159. The Labute approximate surface area is 166 Å². The van der Waals surface area contributed by atoms with Crippen LogP contribution in [-0.2, 0) is 26.9 Å². The summed E-state index contributed by atoms with van der Waals surface area (Å²) in [6.45, 7) is 0.716. The first-order valence-corrected chi connectivity index (χ1v) is 12.4. The van der Waals surface area contributed by atoms with Gasteiger partial charge in [-0.1, -0.05) is 53.8 Å². The van der Waals surface area contributed by atoms with Gasteiger partial charge in [-0.25, -0.2) is 8.42 Å². The maximum atomic E-state index is 12.4. The van der Waals surface area contributed by atoms with Crippen molar-refractivity contribution in [2.24, 2.45) is 4.99 Å². The highest BCUT2D eigenvalue weighted by Crippen LogP contribution is 2.17. The summed E-state index contributed by atoms with van der Waals surface area (Å²) >= 11 is 3.11. The van der Waals surface area contributed by atoms with Crippen molar-refractivity contribution in [3.05, 3.63) is 65.0 Å². The first-order valence-electron chi connectivity index (χ1n) is 8.38. The molecule has 0 bridgehead atoms. The highest BCUT2D eigenvalue weighted by molar-refractivity contribution is 7.98. The van der Waals surface area contributed by atoms with E-state index in [0.29, 0.717) is 16.9 Å². The van der Waals surface area contributed by atoms with Crippen LogP contribution in [0.5, 0.6) is 0 Å². The summed E-state index contributed by atoms with van der Waals surface area (Å²) in [4.78, 5) is 17.0. The number of fused-ring (bicyclic) bond motifs is 1. The zero-order valence-electron chi connectivity index (χ0n) is 14.9. The lowest BCUT2D eigenvalue weighted by atomic mass is 10.2. The van der Waals surface area contributed by atoms with Gasteiger partial charge in [-0.3, -0.25) is 4.79 Å². The Morgan fingerprint density at radius 1 is 1.11 bits per heavy atom. The van der Waals surface area contributed by atoms with E-state index in [-0.39, 0.29) is 5.75 Å². The molecule has 5 nitrogen and oxygen atoms in total. The van der Waals surface area contributed by atoms with E-state index in [9.17, 15) is 13.2 Å². The van der Waals surface area contributed by atoms with Crippen LogP contribution in [0.1, 0.15) is 5.56 Å². The summed E-state index contributed by atoms with van der Waals surface area (Å²) in [5.74, 6) is -0.489. The van der Waals surface area contributed by atoms with E-state index in [2.05, 4.69) is 4.99 Å². The van der Waals surface area contributed by atoms with Crippen molar-refractivity contribution in [1.29, 1.82) is 0 Å². The number of carbonyl (C=O) groups is 1. The van der Waals surface area contributed by atoms with E-state index in [1.54, 1.807) is 36.0 Å².